The van der Waals surface area contributed by atoms with E-state index in [0.29, 0.717) is 4.57 Å². The molecule has 0 amide bonds. The molecule has 2 aromatic rings. The lowest BCUT2D eigenvalue weighted by atomic mass is 9.92. The second-order valence-corrected chi connectivity index (χ2v) is 4.60. The predicted molar refractivity (Wildman–Crippen MR) is 78.1 cm³/mol. The van der Waals surface area contributed by atoms with Crippen LogP contribution in [0.3, 0.4) is 0 Å². The number of nitrogen functional groups attached to an aromatic ring is 1. The van der Waals surface area contributed by atoms with Crippen molar-refractivity contribution < 1.29 is 19.2 Å². The summed E-state index contributed by atoms with van der Waals surface area (Å²) in [6, 6.07) is -2.57. The number of nitrogens with two attached hydrogens (primary N) is 1. The van der Waals surface area contributed by atoms with Crippen molar-refractivity contribution in [3.8, 4) is 0 Å². The summed E-state index contributed by atoms with van der Waals surface area (Å²) in [5.41, 5.74) is 3.86. The van der Waals surface area contributed by atoms with E-state index >= 15 is 0 Å². The summed E-state index contributed by atoms with van der Waals surface area (Å²) in [5.74, 6) is -2.60. The number of anilines is 1. The van der Waals surface area contributed by atoms with E-state index < -0.39 is 72.2 Å². The molecule has 1 aliphatic carbocycles. The number of aryl methyl sites for hydroxylation is 1. The van der Waals surface area contributed by atoms with Crippen LogP contribution in [-0.4, -0.2) is 21.1 Å². The fraction of sp³-hybridized carbons (Fsp3) is 0.333. The van der Waals surface area contributed by atoms with E-state index in [1.54, 1.807) is 0 Å². The highest BCUT2D eigenvalue weighted by Crippen LogP contribution is 2.24. The Bertz CT molecular complexity index is 1100. The fourth-order valence-electron chi connectivity index (χ4n) is 2.25. The quantitative estimate of drug-likeness (QED) is 0.628. The van der Waals surface area contributed by atoms with Crippen LogP contribution in [-0.2, 0) is 9.59 Å². The monoisotopic (exact) mass is 292 g/mol. The van der Waals surface area contributed by atoms with Crippen LogP contribution in [0.1, 0.15) is 40.7 Å². The Morgan fingerprint density at radius 2 is 2.38 bits per heavy atom. The molecule has 1 aromatic carbocycles. The van der Waals surface area contributed by atoms with Crippen LogP contribution in [0.5, 0.6) is 0 Å². The minimum absolute atomic E-state index is 0.268. The second kappa shape index (κ2) is 4.80. The van der Waals surface area contributed by atoms with Gasteiger partial charge in [-0.1, -0.05) is 6.04 Å². The average molecular weight is 292 g/mol. The number of fused-ring (bicyclic) bond motifs is 1. The highest BCUT2D eigenvalue weighted by molar-refractivity contribution is 6.03. The zero-order valence-corrected chi connectivity index (χ0v) is 10.8. The molecule has 1 fully saturated rings. The first-order valence-electron chi connectivity index (χ1n) is 9.68. The molecule has 2 unspecified atom stereocenters. The minimum atomic E-state index is -3.04. The summed E-state index contributed by atoms with van der Waals surface area (Å²) in [7, 11) is 0. The second-order valence-electron chi connectivity index (χ2n) is 4.60. The Balaban J connectivity index is 2.51. The highest BCUT2D eigenvalue weighted by Gasteiger charge is 2.30. The van der Waals surface area contributed by atoms with Crippen LogP contribution in [0.2, 0.25) is 0 Å². The summed E-state index contributed by atoms with van der Waals surface area (Å²) < 4.78 is 55.4. The van der Waals surface area contributed by atoms with Crippen LogP contribution in [0.4, 0.5) is 5.69 Å². The molecule has 0 radical (unpaired) electrons. The fourth-order valence-corrected chi connectivity index (χ4v) is 2.25. The Labute approximate surface area is 130 Å². The lowest BCUT2D eigenvalue weighted by molar-refractivity contribution is -0.132. The van der Waals surface area contributed by atoms with Crippen LogP contribution in [0, 0.1) is 6.85 Å². The topological polar surface area (TPSA) is 95.0 Å². The summed E-state index contributed by atoms with van der Waals surface area (Å²) in [6.45, 7) is -3.04. The molecule has 2 N–H and O–H groups in total. The Kier molecular flexibility index (Phi) is 1.71. The molecule has 2 atom stereocenters. The number of aromatic nitrogens is 2. The third-order valence-corrected chi connectivity index (χ3v) is 3.20. The van der Waals surface area contributed by atoms with Crippen molar-refractivity contribution in [3.63, 3.8) is 0 Å². The van der Waals surface area contributed by atoms with Crippen molar-refractivity contribution in [1.29, 1.82) is 0 Å². The summed E-state index contributed by atoms with van der Waals surface area (Å²) >= 11 is 0. The molecule has 6 heteroatoms. The lowest BCUT2D eigenvalue weighted by Crippen LogP contribution is -2.36. The highest BCUT2D eigenvalue weighted by atomic mass is 16.2. The van der Waals surface area contributed by atoms with Gasteiger partial charge in [-0.15, -0.1) is 0 Å². The van der Waals surface area contributed by atoms with Crippen LogP contribution in [0.15, 0.2) is 22.9 Å². The first-order valence-corrected chi connectivity index (χ1v) is 6.10. The SMILES string of the molecule is [2H]c1cc2nc(C([2H])([2H])[2H])n(C3([2H])C(=O)CC(=O)CC3[2H])c(=O)c2c(N)c1[2H]. The van der Waals surface area contributed by atoms with Gasteiger partial charge in [-0.3, -0.25) is 19.0 Å². The van der Waals surface area contributed by atoms with Crippen molar-refractivity contribution in [1.82, 2.24) is 9.55 Å². The van der Waals surface area contributed by atoms with Crippen molar-refractivity contribution in [2.24, 2.45) is 0 Å². The number of Topliss-reactive ketones (excluding diaryl/α,β-unsaturated/α-hetero) is 2. The number of rotatable bonds is 1. The number of carbonyl (C=O) groups is 2. The first kappa shape index (κ1) is 7.49. The van der Waals surface area contributed by atoms with Gasteiger partial charge in [-0.2, -0.15) is 0 Å². The molecule has 1 aromatic heterocycles. The maximum Gasteiger partial charge on any atom is 0.264 e. The van der Waals surface area contributed by atoms with Gasteiger partial charge in [0.25, 0.3) is 5.56 Å². The Hall–Kier alpha value is -2.50. The third kappa shape index (κ3) is 2.12. The number of ketones is 2. The Morgan fingerprint density at radius 3 is 3.10 bits per heavy atom. The molecule has 1 aliphatic rings. The standard InChI is InChI=1S/C15H15N3O3/c1-8-17-11-4-2-3-10(16)14(11)15(21)18(8)12-6-5-9(19)7-13(12)20/h2-4,12H,5-7,16H2,1H3/i1D3,2D,3D,6D,12D. The number of benzene rings is 1. The van der Waals surface area contributed by atoms with Crippen molar-refractivity contribution in [2.75, 3.05) is 5.73 Å². The van der Waals surface area contributed by atoms with E-state index in [1.807, 2.05) is 0 Å². The van der Waals surface area contributed by atoms with E-state index in [0.717, 1.165) is 6.07 Å². The molecule has 0 aliphatic heterocycles. The largest absolute Gasteiger partial charge is 0.398 e. The zero-order valence-electron chi connectivity index (χ0n) is 17.8. The lowest BCUT2D eigenvalue weighted by Gasteiger charge is -2.24. The van der Waals surface area contributed by atoms with Gasteiger partial charge in [0, 0.05) is 17.6 Å². The van der Waals surface area contributed by atoms with E-state index in [9.17, 15) is 14.4 Å². The van der Waals surface area contributed by atoms with E-state index in [4.69, 9.17) is 15.3 Å². The maximum atomic E-state index is 13.2. The predicted octanol–water partition coefficient (Wildman–Crippen LogP) is 1.15. The van der Waals surface area contributed by atoms with Gasteiger partial charge in [0.2, 0.25) is 0 Å². The molecule has 0 bridgehead atoms. The maximum absolute atomic E-state index is 13.2. The summed E-state index contributed by atoms with van der Waals surface area (Å²) in [4.78, 5) is 41.1. The number of nitrogens with zero attached hydrogens (tertiary/aromatic N) is 2. The van der Waals surface area contributed by atoms with Crippen LogP contribution < -0.4 is 11.3 Å². The molecule has 21 heavy (non-hydrogen) atoms. The van der Waals surface area contributed by atoms with Gasteiger partial charge in [-0.25, -0.2) is 4.98 Å². The van der Waals surface area contributed by atoms with Crippen LogP contribution >= 0.6 is 0 Å². The summed E-state index contributed by atoms with van der Waals surface area (Å²) in [6.07, 6.45) is -2.95. The number of hydrogen-bond donors (Lipinski definition) is 1. The molecule has 0 saturated heterocycles. The smallest absolute Gasteiger partial charge is 0.264 e. The molecule has 3 rings (SSSR count). The molecule has 108 valence electrons. The van der Waals surface area contributed by atoms with Crippen molar-refractivity contribution in [2.45, 2.75) is 32.1 Å². The normalized spacial score (nSPS) is 31.6. The van der Waals surface area contributed by atoms with Gasteiger partial charge in [0.15, 0.2) is 5.78 Å². The van der Waals surface area contributed by atoms with Gasteiger partial charge < -0.3 is 5.73 Å². The molecule has 6 nitrogen and oxygen atoms in total. The minimum Gasteiger partial charge on any atom is -0.398 e. The van der Waals surface area contributed by atoms with Crippen molar-refractivity contribution in [3.05, 3.63) is 34.3 Å². The molecular formula is C15H15N3O3. The summed E-state index contributed by atoms with van der Waals surface area (Å²) in [5, 5.41) is -0.419. The molecule has 1 saturated carbocycles. The van der Waals surface area contributed by atoms with E-state index in [2.05, 4.69) is 4.98 Å². The van der Waals surface area contributed by atoms with Gasteiger partial charge in [-0.05, 0) is 25.4 Å². The van der Waals surface area contributed by atoms with Gasteiger partial charge >= 0.3 is 0 Å². The number of hydrogen-bond acceptors (Lipinski definition) is 5. The van der Waals surface area contributed by atoms with Crippen LogP contribution in [0.25, 0.3) is 10.9 Å². The van der Waals surface area contributed by atoms with Crippen molar-refractivity contribution >= 4 is 28.2 Å². The molecule has 1 heterocycles. The molecule has 0 spiro atoms. The first-order chi connectivity index (χ1) is 12.8. The van der Waals surface area contributed by atoms with E-state index in [-0.39, 0.29) is 11.6 Å². The molecular weight excluding hydrogens is 270 g/mol. The van der Waals surface area contributed by atoms with Gasteiger partial charge in [0.05, 0.1) is 27.5 Å². The third-order valence-electron chi connectivity index (χ3n) is 3.20. The van der Waals surface area contributed by atoms with E-state index in [1.165, 1.54) is 0 Å². The number of carbonyl (C=O) groups excluding carboxylic acids is 2. The average Bonchev–Trinajstić information content (AvgIpc) is 2.56. The Morgan fingerprint density at radius 1 is 1.57 bits per heavy atom. The van der Waals surface area contributed by atoms with Gasteiger partial charge in [0.1, 0.15) is 11.6 Å². The zero-order chi connectivity index (χ0) is 21.2.